The molecule has 10 heteroatoms. The summed E-state index contributed by atoms with van der Waals surface area (Å²) in [5.41, 5.74) is 9.23. The molecule has 3 N–H and O–H groups in total. The number of halogens is 2. The number of hydrogen-bond donors (Lipinski definition) is 2. The minimum atomic E-state index is -0.759. The van der Waals surface area contributed by atoms with E-state index in [1.165, 1.54) is 14.0 Å². The van der Waals surface area contributed by atoms with Crippen LogP contribution in [0.4, 0.5) is 8.78 Å². The van der Waals surface area contributed by atoms with Crippen molar-refractivity contribution in [2.45, 2.75) is 51.1 Å². The van der Waals surface area contributed by atoms with E-state index in [1.807, 2.05) is 12.3 Å². The van der Waals surface area contributed by atoms with E-state index in [4.69, 9.17) is 10.5 Å². The van der Waals surface area contributed by atoms with E-state index in [2.05, 4.69) is 27.3 Å². The number of carbonyl (C=O) groups excluding carboxylic acids is 1. The van der Waals surface area contributed by atoms with Crippen molar-refractivity contribution in [1.29, 1.82) is 0 Å². The van der Waals surface area contributed by atoms with Crippen molar-refractivity contribution in [2.75, 3.05) is 7.11 Å². The Bertz CT molecular complexity index is 1450. The summed E-state index contributed by atoms with van der Waals surface area (Å²) < 4.78 is 36.1. The molecule has 1 aliphatic rings. The zero-order valence-electron chi connectivity index (χ0n) is 21.5. The molecular weight excluding hydrogens is 490 g/mol. The molecular formula is C28H30F2N6O2. The van der Waals surface area contributed by atoms with Crippen LogP contribution in [0.25, 0.3) is 16.8 Å². The van der Waals surface area contributed by atoms with Gasteiger partial charge in [0.05, 0.1) is 30.1 Å². The number of nitrogens with zero attached hydrogens (tertiary/aromatic N) is 4. The fourth-order valence-electron chi connectivity index (χ4n) is 5.58. The number of methoxy groups -OCH3 is 1. The smallest absolute Gasteiger partial charge is 0.217 e. The van der Waals surface area contributed by atoms with Gasteiger partial charge < -0.3 is 15.8 Å². The maximum atomic E-state index is 14.7. The monoisotopic (exact) mass is 520 g/mol. The third-order valence-corrected chi connectivity index (χ3v) is 7.35. The Labute approximate surface area is 219 Å². The standard InChI is InChI=1S/C28H30F2N6O2/c1-15-8-17(9-24(31)28(15)34-16(2)37)21-6-7-32-13-18(21)10-26-33-14-19-4-5-25(35-36(19)26)27-22(29)11-20(38-3)12-23(27)30/h4-7,11-15,17,24,28H,8-10,31H2,1-3H3,(H,34,37)/t15-,17+,24+,28-/m0/s1. The van der Waals surface area contributed by atoms with E-state index in [1.54, 1.807) is 29.0 Å². The van der Waals surface area contributed by atoms with E-state index in [0.717, 1.165) is 36.1 Å². The summed E-state index contributed by atoms with van der Waals surface area (Å²) in [6.07, 6.45) is 7.29. The highest BCUT2D eigenvalue weighted by atomic mass is 19.1. The Hall–Kier alpha value is -3.92. The van der Waals surface area contributed by atoms with Gasteiger partial charge >= 0.3 is 0 Å². The summed E-state index contributed by atoms with van der Waals surface area (Å²) in [5, 5.41) is 7.53. The highest BCUT2D eigenvalue weighted by molar-refractivity contribution is 5.73. The lowest BCUT2D eigenvalue weighted by molar-refractivity contribution is -0.120. The molecule has 3 aromatic heterocycles. The van der Waals surface area contributed by atoms with E-state index >= 15 is 0 Å². The summed E-state index contributed by atoms with van der Waals surface area (Å²) in [4.78, 5) is 20.5. The van der Waals surface area contributed by atoms with Gasteiger partial charge in [0.15, 0.2) is 0 Å². The van der Waals surface area contributed by atoms with Gasteiger partial charge in [-0.2, -0.15) is 5.10 Å². The lowest BCUT2D eigenvalue weighted by atomic mass is 9.72. The molecule has 0 spiro atoms. The van der Waals surface area contributed by atoms with Gasteiger partial charge in [0.25, 0.3) is 0 Å². The summed E-state index contributed by atoms with van der Waals surface area (Å²) in [6.45, 7) is 3.62. The van der Waals surface area contributed by atoms with Gasteiger partial charge in [0.2, 0.25) is 5.91 Å². The molecule has 8 nitrogen and oxygen atoms in total. The molecule has 5 rings (SSSR count). The first kappa shape index (κ1) is 25.7. The molecule has 1 aromatic carbocycles. The van der Waals surface area contributed by atoms with Gasteiger partial charge in [-0.25, -0.2) is 18.3 Å². The Morgan fingerprint density at radius 3 is 2.63 bits per heavy atom. The van der Waals surface area contributed by atoms with E-state index < -0.39 is 11.6 Å². The van der Waals surface area contributed by atoms with Gasteiger partial charge in [-0.1, -0.05) is 6.92 Å². The number of rotatable bonds is 6. The normalized spacial score (nSPS) is 21.4. The van der Waals surface area contributed by atoms with Crippen LogP contribution in [0.5, 0.6) is 5.75 Å². The quantitative estimate of drug-likeness (QED) is 0.398. The number of fused-ring (bicyclic) bond motifs is 1. The van der Waals surface area contributed by atoms with Gasteiger partial charge in [-0.3, -0.25) is 9.78 Å². The average Bonchev–Trinajstić information content (AvgIpc) is 3.27. The molecule has 0 aliphatic heterocycles. The fraction of sp³-hybridized carbons (Fsp3) is 0.357. The van der Waals surface area contributed by atoms with Crippen molar-refractivity contribution >= 4 is 11.4 Å². The van der Waals surface area contributed by atoms with Crippen LogP contribution in [-0.2, 0) is 11.2 Å². The van der Waals surface area contributed by atoms with Crippen molar-refractivity contribution in [3.63, 3.8) is 0 Å². The van der Waals surface area contributed by atoms with E-state index in [9.17, 15) is 13.6 Å². The largest absolute Gasteiger partial charge is 0.497 e. The van der Waals surface area contributed by atoms with Crippen molar-refractivity contribution in [3.8, 4) is 17.0 Å². The molecule has 1 aliphatic carbocycles. The van der Waals surface area contributed by atoms with Crippen LogP contribution in [0, 0.1) is 17.6 Å². The lowest BCUT2D eigenvalue weighted by Gasteiger charge is -2.39. The Morgan fingerprint density at radius 2 is 1.95 bits per heavy atom. The molecule has 1 saturated carbocycles. The molecule has 198 valence electrons. The number of nitrogens with two attached hydrogens (primary N) is 1. The number of nitrogens with one attached hydrogen (secondary N) is 1. The van der Waals surface area contributed by atoms with Crippen LogP contribution in [-0.4, -0.2) is 44.7 Å². The number of benzene rings is 1. The first-order valence-corrected chi connectivity index (χ1v) is 12.6. The van der Waals surface area contributed by atoms with Crippen LogP contribution >= 0.6 is 0 Å². The van der Waals surface area contributed by atoms with Crippen molar-refractivity contribution in [2.24, 2.45) is 11.7 Å². The van der Waals surface area contributed by atoms with Gasteiger partial charge in [0, 0.05) is 50.0 Å². The third kappa shape index (κ3) is 4.96. The predicted molar refractivity (Wildman–Crippen MR) is 139 cm³/mol. The fourth-order valence-corrected chi connectivity index (χ4v) is 5.58. The molecule has 0 bridgehead atoms. The second kappa shape index (κ2) is 10.4. The Balaban J connectivity index is 1.46. The van der Waals surface area contributed by atoms with Gasteiger partial charge in [-0.15, -0.1) is 0 Å². The molecule has 0 saturated heterocycles. The van der Waals surface area contributed by atoms with Crippen LogP contribution < -0.4 is 15.8 Å². The molecule has 0 unspecified atom stereocenters. The zero-order valence-corrected chi connectivity index (χ0v) is 21.5. The molecule has 4 aromatic rings. The van der Waals surface area contributed by atoms with Crippen LogP contribution in [0.3, 0.4) is 0 Å². The van der Waals surface area contributed by atoms with Crippen LogP contribution in [0.15, 0.2) is 48.9 Å². The van der Waals surface area contributed by atoms with Crippen molar-refractivity contribution in [1.82, 2.24) is 24.9 Å². The highest BCUT2D eigenvalue weighted by Crippen LogP contribution is 2.37. The number of carbonyl (C=O) groups is 1. The second-order valence-electron chi connectivity index (χ2n) is 9.98. The maximum Gasteiger partial charge on any atom is 0.217 e. The maximum absolute atomic E-state index is 14.7. The third-order valence-electron chi connectivity index (χ3n) is 7.35. The minimum absolute atomic E-state index is 0.0633. The SMILES string of the molecule is COc1cc(F)c(-c2ccc3cnc(Cc4cnccc4[C@H]4C[C@@H](N)[C@@H](NC(C)=O)[C@@H](C)C4)n3n2)c(F)c1. The molecule has 1 fully saturated rings. The molecule has 1 amide bonds. The van der Waals surface area contributed by atoms with Crippen molar-refractivity contribution in [3.05, 3.63) is 77.5 Å². The second-order valence-corrected chi connectivity index (χ2v) is 9.98. The number of imidazole rings is 1. The molecule has 3 heterocycles. The zero-order chi connectivity index (χ0) is 27.0. The molecule has 4 atom stereocenters. The number of hydrogen-bond acceptors (Lipinski definition) is 6. The van der Waals surface area contributed by atoms with Gasteiger partial charge in [-0.05, 0) is 54.0 Å². The molecule has 38 heavy (non-hydrogen) atoms. The summed E-state index contributed by atoms with van der Waals surface area (Å²) in [6, 6.07) is 7.35. The number of aromatic nitrogens is 4. The van der Waals surface area contributed by atoms with Crippen molar-refractivity contribution < 1.29 is 18.3 Å². The topological polar surface area (TPSA) is 107 Å². The highest BCUT2D eigenvalue weighted by Gasteiger charge is 2.35. The first-order valence-electron chi connectivity index (χ1n) is 12.6. The van der Waals surface area contributed by atoms with E-state index in [-0.39, 0.29) is 46.8 Å². The van der Waals surface area contributed by atoms with E-state index in [0.29, 0.717) is 17.8 Å². The predicted octanol–water partition coefficient (Wildman–Crippen LogP) is 4.01. The Morgan fingerprint density at radius 1 is 1.18 bits per heavy atom. The Kier molecular flexibility index (Phi) is 7.07. The number of ether oxygens (including phenoxy) is 1. The number of pyridine rings is 1. The number of amides is 1. The van der Waals surface area contributed by atoms with Crippen LogP contribution in [0.2, 0.25) is 0 Å². The molecule has 0 radical (unpaired) electrons. The average molecular weight is 521 g/mol. The van der Waals surface area contributed by atoms with Crippen LogP contribution in [0.1, 0.15) is 49.6 Å². The first-order chi connectivity index (χ1) is 18.2. The van der Waals surface area contributed by atoms with Gasteiger partial charge in [0.1, 0.15) is 23.2 Å². The lowest BCUT2D eigenvalue weighted by Crippen LogP contribution is -2.54. The minimum Gasteiger partial charge on any atom is -0.497 e. The summed E-state index contributed by atoms with van der Waals surface area (Å²) >= 11 is 0. The summed E-state index contributed by atoms with van der Waals surface area (Å²) in [5.74, 6) is -0.477. The summed E-state index contributed by atoms with van der Waals surface area (Å²) in [7, 11) is 1.35.